The van der Waals surface area contributed by atoms with Crippen LogP contribution in [0.2, 0.25) is 0 Å². The van der Waals surface area contributed by atoms with E-state index in [9.17, 15) is 18.4 Å². The number of methoxy groups -OCH3 is 1. The number of nitrogens with zero attached hydrogens (tertiary/aromatic N) is 1. The highest BCUT2D eigenvalue weighted by molar-refractivity contribution is 5.95. The van der Waals surface area contributed by atoms with Crippen LogP contribution >= 0.6 is 0 Å². The van der Waals surface area contributed by atoms with Crippen molar-refractivity contribution in [2.24, 2.45) is 0 Å². The smallest absolute Gasteiger partial charge is 0.337 e. The van der Waals surface area contributed by atoms with Gasteiger partial charge >= 0.3 is 12.0 Å². The molecule has 2 aliphatic rings. The molecule has 1 fully saturated rings. The summed E-state index contributed by atoms with van der Waals surface area (Å²) in [6.45, 7) is 1.64. The van der Waals surface area contributed by atoms with E-state index in [4.69, 9.17) is 4.74 Å². The molecule has 2 amide bonds. The summed E-state index contributed by atoms with van der Waals surface area (Å²) in [5.41, 5.74) is 0.622. The standard InChI is InChI=1S/C16H16F2N2O3/c1-8-13(15(21)23-2)14(11-6-3-9(17)7-12(11)18)19-16(22)20(8)10-4-5-10/h3,6-7,10,14H,4-5H2,1-2H3,(H,19,22)/t14-/m0/s1. The number of carbonyl (C=O) groups is 2. The quantitative estimate of drug-likeness (QED) is 0.870. The van der Waals surface area contributed by atoms with Crippen molar-refractivity contribution in [2.45, 2.75) is 31.8 Å². The van der Waals surface area contributed by atoms with Gasteiger partial charge in [-0.25, -0.2) is 18.4 Å². The first-order valence-corrected chi connectivity index (χ1v) is 7.27. The molecule has 1 N–H and O–H groups in total. The van der Waals surface area contributed by atoms with Gasteiger partial charge in [0, 0.05) is 23.4 Å². The third-order valence-electron chi connectivity index (χ3n) is 4.12. The molecule has 0 bridgehead atoms. The van der Waals surface area contributed by atoms with E-state index in [1.807, 2.05) is 0 Å². The number of ether oxygens (including phenoxy) is 1. The molecule has 1 heterocycles. The van der Waals surface area contributed by atoms with E-state index in [1.165, 1.54) is 18.1 Å². The van der Waals surface area contributed by atoms with Gasteiger partial charge in [-0.2, -0.15) is 0 Å². The van der Waals surface area contributed by atoms with Gasteiger partial charge < -0.3 is 10.1 Å². The Morgan fingerprint density at radius 3 is 2.61 bits per heavy atom. The number of nitrogens with one attached hydrogen (secondary N) is 1. The molecule has 3 rings (SSSR count). The van der Waals surface area contributed by atoms with Crippen molar-refractivity contribution in [1.82, 2.24) is 10.2 Å². The molecule has 122 valence electrons. The lowest BCUT2D eigenvalue weighted by Gasteiger charge is -2.35. The van der Waals surface area contributed by atoms with Crippen LogP contribution in [-0.2, 0) is 9.53 Å². The molecule has 1 aromatic carbocycles. The molecule has 1 atom stereocenters. The van der Waals surface area contributed by atoms with Crippen LogP contribution in [0, 0.1) is 11.6 Å². The number of amides is 2. The summed E-state index contributed by atoms with van der Waals surface area (Å²) in [5, 5.41) is 2.63. The SMILES string of the molecule is COC(=O)C1=C(C)N(C2CC2)C(=O)N[C@H]1c1ccc(F)cc1F. The van der Waals surface area contributed by atoms with E-state index < -0.39 is 29.7 Å². The zero-order valence-corrected chi connectivity index (χ0v) is 12.7. The molecule has 0 spiro atoms. The zero-order valence-electron chi connectivity index (χ0n) is 12.7. The Morgan fingerprint density at radius 2 is 2.04 bits per heavy atom. The van der Waals surface area contributed by atoms with Crippen LogP contribution in [-0.4, -0.2) is 30.1 Å². The Balaban J connectivity index is 2.11. The fourth-order valence-corrected chi connectivity index (χ4v) is 2.87. The van der Waals surface area contributed by atoms with Gasteiger partial charge in [0.15, 0.2) is 0 Å². The molecule has 23 heavy (non-hydrogen) atoms. The highest BCUT2D eigenvalue weighted by Crippen LogP contribution is 2.38. The Hall–Kier alpha value is -2.44. The topological polar surface area (TPSA) is 58.6 Å². The summed E-state index contributed by atoms with van der Waals surface area (Å²) >= 11 is 0. The van der Waals surface area contributed by atoms with E-state index >= 15 is 0 Å². The predicted molar refractivity (Wildman–Crippen MR) is 77.2 cm³/mol. The van der Waals surface area contributed by atoms with Gasteiger partial charge in [0.1, 0.15) is 11.6 Å². The fourth-order valence-electron chi connectivity index (χ4n) is 2.87. The molecule has 1 saturated carbocycles. The van der Waals surface area contributed by atoms with E-state index in [2.05, 4.69) is 5.32 Å². The second-order valence-corrected chi connectivity index (χ2v) is 5.64. The second-order valence-electron chi connectivity index (χ2n) is 5.64. The number of carbonyl (C=O) groups excluding carboxylic acids is 2. The lowest BCUT2D eigenvalue weighted by molar-refractivity contribution is -0.136. The van der Waals surface area contributed by atoms with Gasteiger partial charge in [0.05, 0.1) is 18.7 Å². The summed E-state index contributed by atoms with van der Waals surface area (Å²) in [5.74, 6) is -2.21. The zero-order chi connectivity index (χ0) is 16.7. The highest BCUT2D eigenvalue weighted by atomic mass is 19.1. The van der Waals surface area contributed by atoms with Crippen molar-refractivity contribution in [3.05, 3.63) is 46.7 Å². The largest absolute Gasteiger partial charge is 0.466 e. The Morgan fingerprint density at radius 1 is 1.35 bits per heavy atom. The second kappa shape index (κ2) is 5.64. The Bertz CT molecular complexity index is 713. The molecule has 1 aliphatic carbocycles. The van der Waals surface area contributed by atoms with Gasteiger partial charge in [0.25, 0.3) is 0 Å². The van der Waals surface area contributed by atoms with Crippen LogP contribution in [0.25, 0.3) is 0 Å². The molecule has 1 aromatic rings. The maximum Gasteiger partial charge on any atom is 0.337 e. The Kier molecular flexibility index (Phi) is 3.79. The van der Waals surface area contributed by atoms with Crippen molar-refractivity contribution < 1.29 is 23.1 Å². The third kappa shape index (κ3) is 2.67. The fraction of sp³-hybridized carbons (Fsp3) is 0.375. The van der Waals surface area contributed by atoms with Gasteiger partial charge in [-0.1, -0.05) is 6.07 Å². The Labute approximate surface area is 131 Å². The van der Waals surface area contributed by atoms with Crippen molar-refractivity contribution in [1.29, 1.82) is 0 Å². The van der Waals surface area contributed by atoms with Gasteiger partial charge in [-0.3, -0.25) is 4.90 Å². The number of esters is 1. The van der Waals surface area contributed by atoms with Crippen molar-refractivity contribution >= 4 is 12.0 Å². The molecular weight excluding hydrogens is 306 g/mol. The minimum atomic E-state index is -1.01. The van der Waals surface area contributed by atoms with Crippen molar-refractivity contribution in [3.8, 4) is 0 Å². The number of halogens is 2. The molecule has 0 radical (unpaired) electrons. The molecule has 0 unspecified atom stereocenters. The van der Waals surface area contributed by atoms with Crippen LogP contribution in [0.5, 0.6) is 0 Å². The normalized spacial score (nSPS) is 21.3. The molecule has 0 aromatic heterocycles. The molecule has 0 saturated heterocycles. The summed E-state index contributed by atoms with van der Waals surface area (Å²) in [7, 11) is 1.22. The average molecular weight is 322 g/mol. The van der Waals surface area contributed by atoms with E-state index in [1.54, 1.807) is 6.92 Å². The average Bonchev–Trinajstić information content (AvgIpc) is 3.31. The lowest BCUT2D eigenvalue weighted by atomic mass is 9.94. The molecule has 1 aliphatic heterocycles. The lowest BCUT2D eigenvalue weighted by Crippen LogP contribution is -2.49. The minimum Gasteiger partial charge on any atom is -0.466 e. The molecule has 7 heteroatoms. The van der Waals surface area contributed by atoms with E-state index in [0.717, 1.165) is 25.0 Å². The number of allylic oxidation sites excluding steroid dienone is 1. The van der Waals surface area contributed by atoms with Crippen LogP contribution in [0.3, 0.4) is 0 Å². The van der Waals surface area contributed by atoms with Crippen molar-refractivity contribution in [3.63, 3.8) is 0 Å². The summed E-state index contributed by atoms with van der Waals surface area (Å²) in [6.07, 6.45) is 1.71. The number of urea groups is 1. The van der Waals surface area contributed by atoms with Crippen LogP contribution < -0.4 is 5.32 Å². The number of hydrogen-bond donors (Lipinski definition) is 1. The third-order valence-corrected chi connectivity index (χ3v) is 4.12. The summed E-state index contributed by atoms with van der Waals surface area (Å²) in [4.78, 5) is 26.0. The first-order chi connectivity index (χ1) is 10.9. The number of hydrogen-bond acceptors (Lipinski definition) is 3. The summed E-state index contributed by atoms with van der Waals surface area (Å²) in [6, 6.07) is 1.67. The molecular formula is C16H16F2N2O3. The van der Waals surface area contributed by atoms with Gasteiger partial charge in [-0.05, 0) is 25.8 Å². The molecule has 5 nitrogen and oxygen atoms in total. The predicted octanol–water partition coefficient (Wildman–Crippen LogP) is 2.64. The number of benzene rings is 1. The van der Waals surface area contributed by atoms with Crippen molar-refractivity contribution in [2.75, 3.05) is 7.11 Å². The first kappa shape index (κ1) is 15.5. The van der Waals surface area contributed by atoms with E-state index in [0.29, 0.717) is 5.70 Å². The minimum absolute atomic E-state index is 0.0231. The first-order valence-electron chi connectivity index (χ1n) is 7.27. The highest BCUT2D eigenvalue weighted by Gasteiger charge is 2.43. The van der Waals surface area contributed by atoms with Crippen LogP contribution in [0.1, 0.15) is 31.4 Å². The van der Waals surface area contributed by atoms with Gasteiger partial charge in [-0.15, -0.1) is 0 Å². The van der Waals surface area contributed by atoms with E-state index in [-0.39, 0.29) is 17.2 Å². The summed E-state index contributed by atoms with van der Waals surface area (Å²) < 4.78 is 32.0. The van der Waals surface area contributed by atoms with Crippen LogP contribution in [0.4, 0.5) is 13.6 Å². The van der Waals surface area contributed by atoms with Crippen LogP contribution in [0.15, 0.2) is 29.5 Å². The monoisotopic (exact) mass is 322 g/mol. The number of rotatable bonds is 3. The maximum absolute atomic E-state index is 14.1. The maximum atomic E-state index is 14.1. The van der Waals surface area contributed by atoms with Gasteiger partial charge in [0.2, 0.25) is 0 Å².